The van der Waals surface area contributed by atoms with Crippen LogP contribution in [0, 0.1) is 16.6 Å². The van der Waals surface area contributed by atoms with Crippen molar-refractivity contribution in [3.8, 4) is 0 Å². The van der Waals surface area contributed by atoms with Crippen LogP contribution in [0.1, 0.15) is 51.0 Å². The van der Waals surface area contributed by atoms with E-state index in [1.165, 1.54) is 6.26 Å². The van der Waals surface area contributed by atoms with Crippen LogP contribution in [0.3, 0.4) is 0 Å². The highest BCUT2D eigenvalue weighted by Crippen LogP contribution is 2.43. The molecular formula is C18H29N7OS. The van der Waals surface area contributed by atoms with E-state index in [0.29, 0.717) is 29.6 Å². The van der Waals surface area contributed by atoms with Gasteiger partial charge in [-0.15, -0.1) is 5.10 Å². The van der Waals surface area contributed by atoms with Crippen molar-refractivity contribution < 1.29 is 4.21 Å². The molecule has 1 unspecified atom stereocenters. The number of hydrogen-bond donors (Lipinski definition) is 2. The summed E-state index contributed by atoms with van der Waals surface area (Å²) in [6, 6.07) is 2.37. The summed E-state index contributed by atoms with van der Waals surface area (Å²) in [6.07, 6.45) is 4.39. The molecule has 9 heteroatoms. The summed E-state index contributed by atoms with van der Waals surface area (Å²) in [7, 11) is -2.59. The maximum absolute atomic E-state index is 12.1. The molecule has 1 aliphatic heterocycles. The first kappa shape index (κ1) is 18.6. The van der Waals surface area contributed by atoms with E-state index < -0.39 is 9.92 Å². The van der Waals surface area contributed by atoms with Gasteiger partial charge in [0.25, 0.3) is 5.78 Å². The summed E-state index contributed by atoms with van der Waals surface area (Å²) >= 11 is 0. The quantitative estimate of drug-likeness (QED) is 0.788. The van der Waals surface area contributed by atoms with Crippen molar-refractivity contribution in [2.24, 2.45) is 11.8 Å². The molecule has 2 aromatic heterocycles. The Labute approximate surface area is 160 Å². The van der Waals surface area contributed by atoms with Crippen LogP contribution in [-0.2, 0) is 16.3 Å². The fraction of sp³-hybridized carbons (Fsp3) is 0.722. The molecule has 4 rings (SSSR count). The highest BCUT2D eigenvalue weighted by molar-refractivity contribution is 7.89. The second-order valence-electron chi connectivity index (χ2n) is 8.24. The molecule has 27 heavy (non-hydrogen) atoms. The van der Waals surface area contributed by atoms with Crippen LogP contribution in [0.4, 0.5) is 5.82 Å². The molecule has 2 N–H and O–H groups in total. The molecule has 0 spiro atoms. The van der Waals surface area contributed by atoms with E-state index in [4.69, 9.17) is 4.78 Å². The van der Waals surface area contributed by atoms with E-state index in [2.05, 4.69) is 40.3 Å². The number of nitrogens with one attached hydrogen (secondary N) is 2. The largest absolute Gasteiger partial charge is 0.370 e. The summed E-state index contributed by atoms with van der Waals surface area (Å²) in [5, 5.41) is 8.16. The molecule has 2 aliphatic rings. The average Bonchev–Trinajstić information content (AvgIpc) is 3.31. The third kappa shape index (κ3) is 3.42. The van der Waals surface area contributed by atoms with Gasteiger partial charge in [-0.3, -0.25) is 0 Å². The Hall–Kier alpha value is -1.74. The van der Waals surface area contributed by atoms with Crippen LogP contribution in [0.2, 0.25) is 0 Å². The predicted molar refractivity (Wildman–Crippen MR) is 106 cm³/mol. The van der Waals surface area contributed by atoms with Crippen LogP contribution in [0.5, 0.6) is 0 Å². The molecule has 1 saturated carbocycles. The highest BCUT2D eigenvalue weighted by Gasteiger charge is 2.46. The molecule has 0 aromatic carbocycles. The van der Waals surface area contributed by atoms with E-state index in [1.807, 2.05) is 15.7 Å². The van der Waals surface area contributed by atoms with Crippen molar-refractivity contribution >= 4 is 21.5 Å². The average molecular weight is 392 g/mol. The zero-order valence-corrected chi connectivity index (χ0v) is 17.3. The summed E-state index contributed by atoms with van der Waals surface area (Å²) in [4.78, 5) is 9.18. The van der Waals surface area contributed by atoms with Gasteiger partial charge in [-0.2, -0.15) is 9.50 Å². The molecule has 1 aliphatic carbocycles. The number of nitrogens with zero attached hydrogens (tertiary/aromatic N) is 5. The number of aromatic nitrogens is 4. The number of anilines is 1. The van der Waals surface area contributed by atoms with Gasteiger partial charge in [0.2, 0.25) is 0 Å². The van der Waals surface area contributed by atoms with Gasteiger partial charge in [-0.1, -0.05) is 20.8 Å². The zero-order chi connectivity index (χ0) is 19.3. The molecule has 3 heterocycles. The first-order valence-electron chi connectivity index (χ1n) is 9.77. The summed E-state index contributed by atoms with van der Waals surface area (Å²) in [5.41, 5.74) is 1.01. The molecule has 0 radical (unpaired) electrons. The fourth-order valence-electron chi connectivity index (χ4n) is 4.43. The van der Waals surface area contributed by atoms with Crippen LogP contribution >= 0.6 is 0 Å². The van der Waals surface area contributed by atoms with E-state index >= 15 is 0 Å². The normalized spacial score (nSPS) is 27.5. The monoisotopic (exact) mass is 391 g/mol. The van der Waals surface area contributed by atoms with Gasteiger partial charge < -0.3 is 5.32 Å². The summed E-state index contributed by atoms with van der Waals surface area (Å²) in [5.74, 6) is 3.76. The number of piperidine rings is 1. The van der Waals surface area contributed by atoms with Crippen LogP contribution in [0.15, 0.2) is 6.07 Å². The first-order chi connectivity index (χ1) is 12.8. The summed E-state index contributed by atoms with van der Waals surface area (Å²) in [6.45, 7) is 7.95. The maximum Gasteiger partial charge on any atom is 0.254 e. The molecule has 4 atom stereocenters. The molecule has 2 fully saturated rings. The van der Waals surface area contributed by atoms with Gasteiger partial charge >= 0.3 is 0 Å². The summed E-state index contributed by atoms with van der Waals surface area (Å²) < 4.78 is 23.7. The minimum Gasteiger partial charge on any atom is -0.370 e. The zero-order valence-electron chi connectivity index (χ0n) is 16.5. The van der Waals surface area contributed by atoms with E-state index in [0.717, 1.165) is 49.7 Å². The highest BCUT2D eigenvalue weighted by atomic mass is 32.2. The van der Waals surface area contributed by atoms with E-state index in [1.54, 1.807) is 0 Å². The number of aryl methyl sites for hydroxylation is 1. The van der Waals surface area contributed by atoms with Gasteiger partial charge in [0, 0.05) is 37.9 Å². The Morgan fingerprint density at radius 3 is 2.74 bits per heavy atom. The Morgan fingerprint density at radius 2 is 2.15 bits per heavy atom. The minimum absolute atomic E-state index is 0.290. The molecule has 8 nitrogen and oxygen atoms in total. The first-order valence-corrected chi connectivity index (χ1v) is 11.7. The Bertz CT molecular complexity index is 952. The molecule has 148 valence electrons. The van der Waals surface area contributed by atoms with Gasteiger partial charge in [-0.25, -0.2) is 18.3 Å². The molecule has 2 bridgehead atoms. The fourth-order valence-corrected chi connectivity index (χ4v) is 5.65. The smallest absolute Gasteiger partial charge is 0.254 e. The van der Waals surface area contributed by atoms with Gasteiger partial charge in [0.05, 0.1) is 5.69 Å². The standard InChI is InChI=1S/C18H29N7OS/c1-5-16-22-18-21-15(11(2)3)8-17(25(18)23-16)20-9-12-6-14-7-13(12)10-24(14)27(4,19)26/h8,11-14,19-20H,5-7,9-10H2,1-4H3/t12-,13-,14+,27?/m0/s1. The minimum atomic E-state index is -2.59. The second kappa shape index (κ2) is 6.70. The SMILES string of the molecule is CCc1nc2nc(C(C)C)cc(NC[C@@H]3C[C@@H]4C[C@H]3CN4S(C)(=N)=O)n2n1. The predicted octanol–water partition coefficient (Wildman–Crippen LogP) is 2.52. The lowest BCUT2D eigenvalue weighted by atomic mass is 9.95. The number of rotatable bonds is 6. The van der Waals surface area contributed by atoms with Crippen LogP contribution in [0.25, 0.3) is 5.78 Å². The van der Waals surface area contributed by atoms with Crippen LogP contribution < -0.4 is 5.32 Å². The molecule has 1 saturated heterocycles. The van der Waals surface area contributed by atoms with Crippen molar-refractivity contribution in [3.05, 3.63) is 17.6 Å². The maximum atomic E-state index is 12.1. The second-order valence-corrected chi connectivity index (χ2v) is 10.3. The number of fused-ring (bicyclic) bond motifs is 3. The van der Waals surface area contributed by atoms with Crippen molar-refractivity contribution in [2.45, 2.75) is 52.0 Å². The Kier molecular flexibility index (Phi) is 4.62. The third-order valence-electron chi connectivity index (χ3n) is 5.91. The Balaban J connectivity index is 1.52. The van der Waals surface area contributed by atoms with Crippen molar-refractivity contribution in [1.29, 1.82) is 4.78 Å². The van der Waals surface area contributed by atoms with Crippen molar-refractivity contribution in [2.75, 3.05) is 24.7 Å². The lowest BCUT2D eigenvalue weighted by molar-refractivity contribution is 0.279. The third-order valence-corrected chi connectivity index (χ3v) is 7.26. The van der Waals surface area contributed by atoms with Gasteiger partial charge in [-0.05, 0) is 30.6 Å². The van der Waals surface area contributed by atoms with E-state index in [-0.39, 0.29) is 0 Å². The van der Waals surface area contributed by atoms with Crippen molar-refractivity contribution in [1.82, 2.24) is 23.9 Å². The molecule has 2 aromatic rings. The van der Waals surface area contributed by atoms with Gasteiger partial charge in [0.1, 0.15) is 15.7 Å². The van der Waals surface area contributed by atoms with Crippen LogP contribution in [-0.4, -0.2) is 53.5 Å². The lowest BCUT2D eigenvalue weighted by Gasteiger charge is -2.31. The van der Waals surface area contributed by atoms with Gasteiger partial charge in [0.15, 0.2) is 5.82 Å². The molecule has 0 amide bonds. The molecular weight excluding hydrogens is 362 g/mol. The topological polar surface area (TPSA) is 99.3 Å². The van der Waals surface area contributed by atoms with Crippen molar-refractivity contribution in [3.63, 3.8) is 0 Å². The van der Waals surface area contributed by atoms with E-state index in [9.17, 15) is 4.21 Å². The lowest BCUT2D eigenvalue weighted by Crippen LogP contribution is -2.40. The number of hydrogen-bond acceptors (Lipinski definition) is 6. The Morgan fingerprint density at radius 1 is 1.37 bits per heavy atom.